The van der Waals surface area contributed by atoms with Gasteiger partial charge in [0.05, 0.1) is 24.2 Å². The molecule has 7 nitrogen and oxygen atoms in total. The molecule has 0 aliphatic carbocycles. The second-order valence-corrected chi connectivity index (χ2v) is 6.17. The molecule has 0 spiro atoms. The molecule has 1 atom stereocenters. The lowest BCUT2D eigenvalue weighted by Crippen LogP contribution is -2.37. The maximum absolute atomic E-state index is 12.3. The number of benzene rings is 1. The fraction of sp³-hybridized carbons (Fsp3) is 0.412. The van der Waals surface area contributed by atoms with Crippen LogP contribution in [0.4, 0.5) is 0 Å². The Kier molecular flexibility index (Phi) is 3.98. The standard InChI is InChI=1S/C17H20N6O/c24-17(14-6-7-16-19-12-21-23(16)11-14)18-8-3-9-22-15-5-2-1-4-13(15)10-20-22/h1-2,4-5,10,12,14H,3,6-9,11H2,(H,18,24). The summed E-state index contributed by atoms with van der Waals surface area (Å²) in [4.78, 5) is 16.5. The molecule has 3 heterocycles. The largest absolute Gasteiger partial charge is 0.356 e. The average molecular weight is 324 g/mol. The topological polar surface area (TPSA) is 77.6 Å². The highest BCUT2D eigenvalue weighted by Gasteiger charge is 2.25. The first kappa shape index (κ1) is 14.9. The molecule has 4 rings (SSSR count). The molecule has 1 aliphatic heterocycles. The van der Waals surface area contributed by atoms with E-state index in [1.165, 1.54) is 0 Å². The average Bonchev–Trinajstić information content (AvgIpc) is 3.24. The van der Waals surface area contributed by atoms with Crippen LogP contribution < -0.4 is 5.32 Å². The lowest BCUT2D eigenvalue weighted by atomic mass is 9.99. The van der Waals surface area contributed by atoms with Crippen LogP contribution >= 0.6 is 0 Å². The molecule has 124 valence electrons. The smallest absolute Gasteiger partial charge is 0.224 e. The van der Waals surface area contributed by atoms with Gasteiger partial charge in [-0.2, -0.15) is 10.2 Å². The van der Waals surface area contributed by atoms with Crippen LogP contribution in [0.3, 0.4) is 0 Å². The molecule has 3 aromatic rings. The highest BCUT2D eigenvalue weighted by molar-refractivity contribution is 5.79. The lowest BCUT2D eigenvalue weighted by Gasteiger charge is -2.21. The van der Waals surface area contributed by atoms with Gasteiger partial charge >= 0.3 is 0 Å². The first-order chi connectivity index (χ1) is 11.8. The van der Waals surface area contributed by atoms with E-state index in [2.05, 4.69) is 32.6 Å². The van der Waals surface area contributed by atoms with E-state index < -0.39 is 0 Å². The maximum Gasteiger partial charge on any atom is 0.224 e. The third-order valence-corrected chi connectivity index (χ3v) is 4.57. The molecule has 2 aromatic heterocycles. The monoisotopic (exact) mass is 324 g/mol. The summed E-state index contributed by atoms with van der Waals surface area (Å²) in [5.41, 5.74) is 1.13. The Morgan fingerprint density at radius 2 is 2.21 bits per heavy atom. The Balaban J connectivity index is 1.26. The molecule has 0 saturated carbocycles. The van der Waals surface area contributed by atoms with E-state index in [9.17, 15) is 4.79 Å². The molecule has 7 heteroatoms. The Morgan fingerprint density at radius 1 is 1.29 bits per heavy atom. The highest BCUT2D eigenvalue weighted by atomic mass is 16.1. The first-order valence-corrected chi connectivity index (χ1v) is 8.36. The summed E-state index contributed by atoms with van der Waals surface area (Å²) in [5, 5.41) is 12.8. The van der Waals surface area contributed by atoms with Gasteiger partial charge in [0.1, 0.15) is 12.2 Å². The number of aryl methyl sites for hydroxylation is 2. The van der Waals surface area contributed by atoms with Crippen LogP contribution in [0.5, 0.6) is 0 Å². The second kappa shape index (κ2) is 6.43. The Hall–Kier alpha value is -2.70. The number of fused-ring (bicyclic) bond motifs is 2. The second-order valence-electron chi connectivity index (χ2n) is 6.17. The molecule has 1 aliphatic rings. The van der Waals surface area contributed by atoms with Gasteiger partial charge in [-0.05, 0) is 18.9 Å². The van der Waals surface area contributed by atoms with Gasteiger partial charge in [-0.15, -0.1) is 0 Å². The van der Waals surface area contributed by atoms with Crippen molar-refractivity contribution in [1.82, 2.24) is 29.9 Å². The first-order valence-electron chi connectivity index (χ1n) is 8.36. The van der Waals surface area contributed by atoms with Gasteiger partial charge in [0.15, 0.2) is 0 Å². The number of nitrogens with zero attached hydrogens (tertiary/aromatic N) is 5. The third kappa shape index (κ3) is 2.89. The minimum Gasteiger partial charge on any atom is -0.356 e. The highest BCUT2D eigenvalue weighted by Crippen LogP contribution is 2.17. The minimum atomic E-state index is -0.00951. The van der Waals surface area contributed by atoms with Crippen LogP contribution in [-0.4, -0.2) is 37.0 Å². The molecule has 1 aromatic carbocycles. The Labute approximate surface area is 139 Å². The van der Waals surface area contributed by atoms with Crippen molar-refractivity contribution in [1.29, 1.82) is 0 Å². The summed E-state index contributed by atoms with van der Waals surface area (Å²) in [6.07, 6.45) is 5.96. The molecule has 0 radical (unpaired) electrons. The number of aromatic nitrogens is 5. The van der Waals surface area contributed by atoms with Crippen molar-refractivity contribution in [2.75, 3.05) is 6.54 Å². The van der Waals surface area contributed by atoms with Gasteiger partial charge in [-0.25, -0.2) is 9.67 Å². The number of carbonyl (C=O) groups excluding carboxylic acids is 1. The van der Waals surface area contributed by atoms with E-state index in [0.29, 0.717) is 13.1 Å². The number of carbonyl (C=O) groups is 1. The fourth-order valence-corrected chi connectivity index (χ4v) is 3.24. The number of hydrogen-bond donors (Lipinski definition) is 1. The molecule has 0 fully saturated rings. The summed E-state index contributed by atoms with van der Waals surface area (Å²) < 4.78 is 3.83. The van der Waals surface area contributed by atoms with E-state index >= 15 is 0 Å². The zero-order chi connectivity index (χ0) is 16.4. The summed E-state index contributed by atoms with van der Waals surface area (Å²) in [6.45, 7) is 2.09. The van der Waals surface area contributed by atoms with E-state index in [1.807, 2.05) is 27.7 Å². The van der Waals surface area contributed by atoms with E-state index in [1.54, 1.807) is 6.33 Å². The number of nitrogens with one attached hydrogen (secondary N) is 1. The zero-order valence-electron chi connectivity index (χ0n) is 13.4. The van der Waals surface area contributed by atoms with E-state index in [4.69, 9.17) is 0 Å². The van der Waals surface area contributed by atoms with Crippen LogP contribution in [0, 0.1) is 5.92 Å². The minimum absolute atomic E-state index is 0.00951. The van der Waals surface area contributed by atoms with Gasteiger partial charge in [-0.3, -0.25) is 9.48 Å². The van der Waals surface area contributed by atoms with Crippen molar-refractivity contribution in [3.63, 3.8) is 0 Å². The van der Waals surface area contributed by atoms with Crippen molar-refractivity contribution in [3.05, 3.63) is 42.6 Å². The summed E-state index contributed by atoms with van der Waals surface area (Å²) in [5.74, 6) is 1.08. The summed E-state index contributed by atoms with van der Waals surface area (Å²) in [6, 6.07) is 8.16. The lowest BCUT2D eigenvalue weighted by molar-refractivity contribution is -0.126. The maximum atomic E-state index is 12.3. The van der Waals surface area contributed by atoms with Gasteiger partial charge in [0.2, 0.25) is 5.91 Å². The number of amides is 1. The molecular formula is C17H20N6O. The molecule has 1 unspecified atom stereocenters. The molecule has 1 N–H and O–H groups in total. The predicted octanol–water partition coefficient (Wildman–Crippen LogP) is 1.40. The fourth-order valence-electron chi connectivity index (χ4n) is 3.24. The van der Waals surface area contributed by atoms with Crippen molar-refractivity contribution in [3.8, 4) is 0 Å². The SMILES string of the molecule is O=C(NCCCn1ncc2ccccc21)C1CCc2ncnn2C1. The normalized spacial score (nSPS) is 16.9. The van der Waals surface area contributed by atoms with Crippen molar-refractivity contribution >= 4 is 16.8 Å². The van der Waals surface area contributed by atoms with Crippen LogP contribution in [0.2, 0.25) is 0 Å². The van der Waals surface area contributed by atoms with Crippen LogP contribution in [-0.2, 0) is 24.3 Å². The number of rotatable bonds is 5. The van der Waals surface area contributed by atoms with Gasteiger partial charge in [0.25, 0.3) is 0 Å². The number of para-hydroxylation sites is 1. The van der Waals surface area contributed by atoms with Crippen molar-refractivity contribution in [2.24, 2.45) is 5.92 Å². The van der Waals surface area contributed by atoms with Crippen LogP contribution in [0.25, 0.3) is 10.9 Å². The van der Waals surface area contributed by atoms with Crippen LogP contribution in [0.1, 0.15) is 18.7 Å². The van der Waals surface area contributed by atoms with E-state index in [0.717, 1.165) is 42.5 Å². The molecular weight excluding hydrogens is 304 g/mol. The van der Waals surface area contributed by atoms with E-state index in [-0.39, 0.29) is 11.8 Å². The van der Waals surface area contributed by atoms with Crippen LogP contribution in [0.15, 0.2) is 36.8 Å². The molecule has 0 bridgehead atoms. The van der Waals surface area contributed by atoms with Crippen molar-refractivity contribution in [2.45, 2.75) is 32.4 Å². The summed E-state index contributed by atoms with van der Waals surface area (Å²) >= 11 is 0. The predicted molar refractivity (Wildman–Crippen MR) is 89.2 cm³/mol. The molecule has 24 heavy (non-hydrogen) atoms. The molecule has 0 saturated heterocycles. The Bertz CT molecular complexity index is 852. The van der Waals surface area contributed by atoms with Crippen molar-refractivity contribution < 1.29 is 4.79 Å². The third-order valence-electron chi connectivity index (χ3n) is 4.57. The van der Waals surface area contributed by atoms with Gasteiger partial charge < -0.3 is 5.32 Å². The zero-order valence-corrected chi connectivity index (χ0v) is 13.4. The van der Waals surface area contributed by atoms with Gasteiger partial charge in [-0.1, -0.05) is 18.2 Å². The summed E-state index contributed by atoms with van der Waals surface area (Å²) in [7, 11) is 0. The quantitative estimate of drug-likeness (QED) is 0.720. The number of hydrogen-bond acceptors (Lipinski definition) is 4. The Morgan fingerprint density at radius 3 is 3.17 bits per heavy atom. The molecule has 1 amide bonds. The van der Waals surface area contributed by atoms with Gasteiger partial charge in [0, 0.05) is 24.9 Å².